The van der Waals surface area contributed by atoms with E-state index in [4.69, 9.17) is 0 Å². The number of hydrogen-bond acceptors (Lipinski definition) is 5. The second-order valence-electron chi connectivity index (χ2n) is 6.57. The Morgan fingerprint density at radius 2 is 1.96 bits per heavy atom. The van der Waals surface area contributed by atoms with Gasteiger partial charge in [0.15, 0.2) is 4.96 Å². The minimum atomic E-state index is -0.401. The summed E-state index contributed by atoms with van der Waals surface area (Å²) in [4.78, 5) is 32.0. The van der Waals surface area contributed by atoms with Gasteiger partial charge in [0.05, 0.1) is 6.04 Å². The molecule has 2 aromatic heterocycles. The van der Waals surface area contributed by atoms with Crippen LogP contribution in [0.3, 0.4) is 0 Å². The van der Waals surface area contributed by atoms with Gasteiger partial charge in [-0.3, -0.25) is 14.0 Å². The first-order valence-corrected chi connectivity index (χ1v) is 9.23. The molecular formula is C19H22N4O2S. The largest absolute Gasteiger partial charge is 0.350 e. The maximum atomic E-state index is 12.6. The number of rotatable bonds is 5. The molecule has 2 heterocycles. The van der Waals surface area contributed by atoms with Gasteiger partial charge in [0.1, 0.15) is 5.56 Å². The normalized spacial score (nSPS) is 12.5. The first-order chi connectivity index (χ1) is 12.4. The lowest BCUT2D eigenvalue weighted by Crippen LogP contribution is -2.37. The predicted molar refractivity (Wildman–Crippen MR) is 104 cm³/mol. The van der Waals surface area contributed by atoms with Gasteiger partial charge in [-0.2, -0.15) is 0 Å². The zero-order valence-corrected chi connectivity index (χ0v) is 16.1. The molecule has 0 saturated heterocycles. The molecule has 7 heteroatoms. The van der Waals surface area contributed by atoms with E-state index >= 15 is 0 Å². The van der Waals surface area contributed by atoms with Crippen LogP contribution in [0.15, 0.2) is 40.6 Å². The second-order valence-corrected chi connectivity index (χ2v) is 7.41. The van der Waals surface area contributed by atoms with Gasteiger partial charge in [-0.25, -0.2) is 4.98 Å². The Morgan fingerprint density at radius 3 is 2.62 bits per heavy atom. The maximum absolute atomic E-state index is 12.6. The lowest BCUT2D eigenvalue weighted by atomic mass is 10.0. The van der Waals surface area contributed by atoms with Crippen molar-refractivity contribution >= 4 is 22.2 Å². The summed E-state index contributed by atoms with van der Waals surface area (Å²) in [5, 5.41) is 4.73. The molecule has 3 rings (SSSR count). The van der Waals surface area contributed by atoms with Crippen molar-refractivity contribution in [3.05, 3.63) is 68.6 Å². The van der Waals surface area contributed by atoms with Crippen molar-refractivity contribution in [1.29, 1.82) is 0 Å². The van der Waals surface area contributed by atoms with Crippen LogP contribution >= 0.6 is 11.3 Å². The van der Waals surface area contributed by atoms with E-state index in [1.807, 2.05) is 38.2 Å². The van der Waals surface area contributed by atoms with E-state index in [0.717, 1.165) is 11.3 Å². The molecular weight excluding hydrogens is 348 g/mol. The van der Waals surface area contributed by atoms with Gasteiger partial charge in [0, 0.05) is 23.8 Å². The fourth-order valence-electron chi connectivity index (χ4n) is 2.85. The van der Waals surface area contributed by atoms with E-state index in [2.05, 4.69) is 34.6 Å². The van der Waals surface area contributed by atoms with Crippen LogP contribution in [0.1, 0.15) is 33.2 Å². The van der Waals surface area contributed by atoms with Crippen LogP contribution in [-0.4, -0.2) is 40.8 Å². The third-order valence-electron chi connectivity index (χ3n) is 4.40. The average molecular weight is 370 g/mol. The quantitative estimate of drug-likeness (QED) is 0.749. The number of carbonyl (C=O) groups excluding carboxylic acids is 1. The van der Waals surface area contributed by atoms with Gasteiger partial charge in [0.25, 0.3) is 11.5 Å². The zero-order chi connectivity index (χ0) is 18.8. The number of benzene rings is 1. The van der Waals surface area contributed by atoms with Crippen molar-refractivity contribution in [2.45, 2.75) is 19.9 Å². The van der Waals surface area contributed by atoms with Gasteiger partial charge in [-0.1, -0.05) is 29.8 Å². The van der Waals surface area contributed by atoms with Crippen LogP contribution in [0.2, 0.25) is 0 Å². The SMILES string of the molecule is Cc1ccc([C@@H](CNC(=O)c2cnc3scc(C)n3c2=O)N(C)C)cc1. The molecule has 0 radical (unpaired) electrons. The highest BCUT2D eigenvalue weighted by atomic mass is 32.1. The van der Waals surface area contributed by atoms with E-state index in [-0.39, 0.29) is 17.2 Å². The van der Waals surface area contributed by atoms with Crippen LogP contribution in [0.5, 0.6) is 0 Å². The third kappa shape index (κ3) is 3.54. The molecule has 1 N–H and O–H groups in total. The molecule has 1 amide bonds. The number of likely N-dealkylation sites (N-methyl/N-ethyl adjacent to an activating group) is 1. The number of nitrogens with zero attached hydrogens (tertiary/aromatic N) is 3. The van der Waals surface area contributed by atoms with Gasteiger partial charge >= 0.3 is 0 Å². The van der Waals surface area contributed by atoms with Gasteiger partial charge < -0.3 is 10.2 Å². The molecule has 3 aromatic rings. The Morgan fingerprint density at radius 1 is 1.27 bits per heavy atom. The number of carbonyl (C=O) groups is 1. The van der Waals surface area contributed by atoms with Crippen molar-refractivity contribution in [2.75, 3.05) is 20.6 Å². The number of hydrogen-bond donors (Lipinski definition) is 1. The third-order valence-corrected chi connectivity index (χ3v) is 5.36. The van der Waals surface area contributed by atoms with Gasteiger partial charge in [-0.15, -0.1) is 11.3 Å². The molecule has 1 atom stereocenters. The van der Waals surface area contributed by atoms with Crippen molar-refractivity contribution in [3.8, 4) is 0 Å². The summed E-state index contributed by atoms with van der Waals surface area (Å²) < 4.78 is 1.48. The minimum absolute atomic E-state index is 0.0156. The number of fused-ring (bicyclic) bond motifs is 1. The number of aryl methyl sites for hydroxylation is 2. The molecule has 26 heavy (non-hydrogen) atoms. The number of amides is 1. The van der Waals surface area contributed by atoms with Crippen molar-refractivity contribution in [2.24, 2.45) is 0 Å². The first kappa shape index (κ1) is 18.3. The van der Waals surface area contributed by atoms with Crippen LogP contribution in [0.4, 0.5) is 0 Å². The molecule has 0 bridgehead atoms. The molecule has 6 nitrogen and oxygen atoms in total. The molecule has 0 aliphatic heterocycles. The minimum Gasteiger partial charge on any atom is -0.350 e. The highest BCUT2D eigenvalue weighted by Crippen LogP contribution is 2.18. The predicted octanol–water partition coefficient (Wildman–Crippen LogP) is 2.41. The Bertz CT molecular complexity index is 989. The molecule has 136 valence electrons. The maximum Gasteiger partial charge on any atom is 0.271 e. The highest BCUT2D eigenvalue weighted by Gasteiger charge is 2.19. The lowest BCUT2D eigenvalue weighted by molar-refractivity contribution is 0.0940. The smallest absolute Gasteiger partial charge is 0.271 e. The second kappa shape index (κ2) is 7.39. The van der Waals surface area contributed by atoms with Gasteiger partial charge in [0.2, 0.25) is 0 Å². The van der Waals surface area contributed by atoms with Crippen LogP contribution in [0.25, 0.3) is 4.96 Å². The van der Waals surface area contributed by atoms with Crippen LogP contribution in [0, 0.1) is 13.8 Å². The fourth-order valence-corrected chi connectivity index (χ4v) is 3.68. The summed E-state index contributed by atoms with van der Waals surface area (Å²) in [5.41, 5.74) is 2.81. The molecule has 1 aromatic carbocycles. The average Bonchev–Trinajstić information content (AvgIpc) is 2.98. The number of thiazole rings is 1. The monoisotopic (exact) mass is 370 g/mol. The lowest BCUT2D eigenvalue weighted by Gasteiger charge is -2.25. The Balaban J connectivity index is 1.81. The topological polar surface area (TPSA) is 66.7 Å². The van der Waals surface area contributed by atoms with Crippen molar-refractivity contribution < 1.29 is 4.79 Å². The Labute approximate surface area is 156 Å². The Hall–Kier alpha value is -2.51. The molecule has 0 aliphatic rings. The molecule has 0 saturated carbocycles. The Kier molecular flexibility index (Phi) is 5.20. The summed E-state index contributed by atoms with van der Waals surface area (Å²) >= 11 is 1.38. The van der Waals surface area contributed by atoms with E-state index in [1.165, 1.54) is 27.5 Å². The molecule has 0 spiro atoms. The van der Waals surface area contributed by atoms with Crippen LogP contribution in [-0.2, 0) is 0 Å². The molecule has 0 unspecified atom stereocenters. The summed E-state index contributed by atoms with van der Waals surface area (Å²) in [6, 6.07) is 8.24. The van der Waals surface area contributed by atoms with E-state index in [9.17, 15) is 9.59 Å². The fraction of sp³-hybridized carbons (Fsp3) is 0.316. The zero-order valence-electron chi connectivity index (χ0n) is 15.3. The highest BCUT2D eigenvalue weighted by molar-refractivity contribution is 7.15. The number of nitrogens with one attached hydrogen (secondary N) is 1. The van der Waals surface area contributed by atoms with E-state index in [1.54, 1.807) is 0 Å². The molecule has 0 aliphatic carbocycles. The van der Waals surface area contributed by atoms with E-state index in [0.29, 0.717) is 11.5 Å². The van der Waals surface area contributed by atoms with Crippen molar-refractivity contribution in [1.82, 2.24) is 19.6 Å². The summed E-state index contributed by atoms with van der Waals surface area (Å²) in [7, 11) is 3.93. The summed E-state index contributed by atoms with van der Waals surface area (Å²) in [6.07, 6.45) is 1.36. The standard InChI is InChI=1S/C19H22N4O2S/c1-12-5-7-14(8-6-12)16(22(3)4)10-20-17(24)15-9-21-19-23(18(15)25)13(2)11-26-19/h5-9,11,16H,10H2,1-4H3,(H,20,24)/t16-/m1/s1. The number of aromatic nitrogens is 2. The van der Waals surface area contributed by atoms with Gasteiger partial charge in [-0.05, 0) is 33.5 Å². The van der Waals surface area contributed by atoms with Crippen LogP contribution < -0.4 is 10.9 Å². The van der Waals surface area contributed by atoms with E-state index < -0.39 is 5.91 Å². The first-order valence-electron chi connectivity index (χ1n) is 8.35. The summed E-state index contributed by atoms with van der Waals surface area (Å²) in [5.74, 6) is -0.401. The molecule has 0 fully saturated rings. The van der Waals surface area contributed by atoms with Crippen molar-refractivity contribution in [3.63, 3.8) is 0 Å². The summed E-state index contributed by atoms with van der Waals surface area (Å²) in [6.45, 7) is 4.27.